The van der Waals surface area contributed by atoms with Crippen LogP contribution in [-0.4, -0.2) is 53.7 Å². The van der Waals surface area contributed by atoms with Crippen LogP contribution in [0.25, 0.3) is 0 Å². The van der Waals surface area contributed by atoms with Gasteiger partial charge in [0.05, 0.1) is 12.1 Å². The van der Waals surface area contributed by atoms with Crippen molar-refractivity contribution >= 4 is 5.91 Å². The molecule has 14 heavy (non-hydrogen) atoms. The van der Waals surface area contributed by atoms with Crippen molar-refractivity contribution in [1.29, 1.82) is 0 Å². The summed E-state index contributed by atoms with van der Waals surface area (Å²) in [5.41, 5.74) is 5.73. The molecule has 5 heteroatoms. The Morgan fingerprint density at radius 1 is 1.57 bits per heavy atom. The lowest BCUT2D eigenvalue weighted by Gasteiger charge is -2.19. The Labute approximate surface area is 83.3 Å². The Balaban J connectivity index is 1.89. The standard InChI is InChI=1S/C9H17N3O2/c10-6-1-2-12(5-6)9(14)8-3-7(13)4-11-8/h6-8,11,13H,1-5,10H2/t6-,7-,8-/m1/s1. The molecule has 0 aromatic carbocycles. The molecule has 2 heterocycles. The van der Waals surface area contributed by atoms with Gasteiger partial charge in [0.2, 0.25) is 5.91 Å². The Bertz CT molecular complexity index is 212. The molecule has 0 radical (unpaired) electrons. The van der Waals surface area contributed by atoms with Gasteiger partial charge in [-0.2, -0.15) is 0 Å². The van der Waals surface area contributed by atoms with E-state index in [1.165, 1.54) is 0 Å². The molecule has 1 amide bonds. The molecule has 0 saturated carbocycles. The molecule has 3 atom stereocenters. The van der Waals surface area contributed by atoms with Crippen LogP contribution >= 0.6 is 0 Å². The van der Waals surface area contributed by atoms with Crippen molar-refractivity contribution < 1.29 is 9.90 Å². The lowest BCUT2D eigenvalue weighted by molar-refractivity contribution is -0.132. The highest BCUT2D eigenvalue weighted by atomic mass is 16.3. The van der Waals surface area contributed by atoms with Crippen LogP contribution in [0, 0.1) is 0 Å². The van der Waals surface area contributed by atoms with Crippen LogP contribution in [0.2, 0.25) is 0 Å². The summed E-state index contributed by atoms with van der Waals surface area (Å²) in [5, 5.41) is 12.3. The van der Waals surface area contributed by atoms with Gasteiger partial charge in [-0.1, -0.05) is 0 Å². The number of β-amino-alcohol motifs (C(OH)–C–C–N with tert-alkyl or cyclic N) is 1. The molecule has 4 N–H and O–H groups in total. The monoisotopic (exact) mass is 199 g/mol. The van der Waals surface area contributed by atoms with Crippen LogP contribution in [0.3, 0.4) is 0 Å². The molecule has 2 aliphatic heterocycles. The maximum atomic E-state index is 11.8. The maximum absolute atomic E-state index is 11.8. The molecule has 2 saturated heterocycles. The molecule has 0 aromatic rings. The fraction of sp³-hybridized carbons (Fsp3) is 0.889. The molecule has 2 aliphatic rings. The number of rotatable bonds is 1. The minimum absolute atomic E-state index is 0.0921. The minimum atomic E-state index is -0.375. The molecule has 0 unspecified atom stereocenters. The van der Waals surface area contributed by atoms with Crippen molar-refractivity contribution in [3.8, 4) is 0 Å². The fourth-order valence-corrected chi connectivity index (χ4v) is 2.11. The van der Waals surface area contributed by atoms with Crippen molar-refractivity contribution in [1.82, 2.24) is 10.2 Å². The van der Waals surface area contributed by atoms with Crippen molar-refractivity contribution in [2.24, 2.45) is 5.73 Å². The SMILES string of the molecule is N[C@@H]1CCN(C(=O)[C@H]2C[C@@H](O)CN2)C1. The molecule has 0 bridgehead atoms. The number of aliphatic hydroxyl groups is 1. The molecule has 0 aliphatic carbocycles. The number of carbonyl (C=O) groups is 1. The summed E-state index contributed by atoms with van der Waals surface area (Å²) in [6.07, 6.45) is 1.05. The quantitative estimate of drug-likeness (QED) is 0.469. The van der Waals surface area contributed by atoms with Crippen LogP contribution < -0.4 is 11.1 Å². The molecular formula is C9H17N3O2. The Kier molecular flexibility index (Phi) is 2.71. The molecule has 5 nitrogen and oxygen atoms in total. The van der Waals surface area contributed by atoms with Crippen LogP contribution in [0.5, 0.6) is 0 Å². The van der Waals surface area contributed by atoms with E-state index in [0.29, 0.717) is 19.5 Å². The number of nitrogens with two attached hydrogens (primary N) is 1. The number of likely N-dealkylation sites (tertiary alicyclic amines) is 1. The number of nitrogens with zero attached hydrogens (tertiary/aromatic N) is 1. The van der Waals surface area contributed by atoms with Crippen LogP contribution in [0.4, 0.5) is 0 Å². The summed E-state index contributed by atoms with van der Waals surface area (Å²) < 4.78 is 0. The predicted molar refractivity (Wildman–Crippen MR) is 51.6 cm³/mol. The van der Waals surface area contributed by atoms with Gasteiger partial charge in [0.1, 0.15) is 0 Å². The molecule has 0 spiro atoms. The van der Waals surface area contributed by atoms with E-state index in [-0.39, 0.29) is 24.1 Å². The smallest absolute Gasteiger partial charge is 0.239 e. The second kappa shape index (κ2) is 3.84. The average Bonchev–Trinajstić information content (AvgIpc) is 2.73. The fourth-order valence-electron chi connectivity index (χ4n) is 2.11. The first kappa shape index (κ1) is 9.89. The lowest BCUT2D eigenvalue weighted by Crippen LogP contribution is -2.43. The van der Waals surface area contributed by atoms with E-state index < -0.39 is 0 Å². The second-order valence-corrected chi connectivity index (χ2v) is 4.18. The number of nitrogens with one attached hydrogen (secondary N) is 1. The zero-order chi connectivity index (χ0) is 10.1. The van der Waals surface area contributed by atoms with Gasteiger partial charge in [0.25, 0.3) is 0 Å². The number of carbonyl (C=O) groups excluding carboxylic acids is 1. The van der Waals surface area contributed by atoms with Gasteiger partial charge >= 0.3 is 0 Å². The first-order valence-corrected chi connectivity index (χ1v) is 5.12. The maximum Gasteiger partial charge on any atom is 0.239 e. The Hall–Kier alpha value is -0.650. The second-order valence-electron chi connectivity index (χ2n) is 4.18. The number of hydrogen-bond donors (Lipinski definition) is 3. The van der Waals surface area contributed by atoms with Gasteiger partial charge in [-0.05, 0) is 12.8 Å². The highest BCUT2D eigenvalue weighted by molar-refractivity contribution is 5.82. The zero-order valence-electron chi connectivity index (χ0n) is 8.15. The normalized spacial score (nSPS) is 37.9. The highest BCUT2D eigenvalue weighted by Crippen LogP contribution is 2.13. The molecule has 2 rings (SSSR count). The van der Waals surface area contributed by atoms with E-state index in [1.54, 1.807) is 4.90 Å². The highest BCUT2D eigenvalue weighted by Gasteiger charge is 2.33. The van der Waals surface area contributed by atoms with Crippen LogP contribution in [-0.2, 0) is 4.79 Å². The summed E-state index contributed by atoms with van der Waals surface area (Å²) in [7, 11) is 0. The van der Waals surface area contributed by atoms with E-state index in [0.717, 1.165) is 13.0 Å². The van der Waals surface area contributed by atoms with E-state index in [9.17, 15) is 9.90 Å². The van der Waals surface area contributed by atoms with Crippen molar-refractivity contribution in [2.75, 3.05) is 19.6 Å². The molecule has 0 aromatic heterocycles. The third-order valence-corrected chi connectivity index (χ3v) is 2.94. The topological polar surface area (TPSA) is 78.6 Å². The molecule has 80 valence electrons. The zero-order valence-corrected chi connectivity index (χ0v) is 8.15. The third kappa shape index (κ3) is 1.89. The van der Waals surface area contributed by atoms with Crippen LogP contribution in [0.15, 0.2) is 0 Å². The van der Waals surface area contributed by atoms with Gasteiger partial charge in [-0.25, -0.2) is 0 Å². The lowest BCUT2D eigenvalue weighted by atomic mass is 10.2. The predicted octanol–water partition coefficient (Wildman–Crippen LogP) is -1.73. The molecule has 2 fully saturated rings. The molecular weight excluding hydrogens is 182 g/mol. The Morgan fingerprint density at radius 2 is 2.36 bits per heavy atom. The van der Waals surface area contributed by atoms with Crippen molar-refractivity contribution in [3.05, 3.63) is 0 Å². The van der Waals surface area contributed by atoms with Crippen molar-refractivity contribution in [2.45, 2.75) is 31.0 Å². The van der Waals surface area contributed by atoms with Crippen molar-refractivity contribution in [3.63, 3.8) is 0 Å². The largest absolute Gasteiger partial charge is 0.392 e. The van der Waals surface area contributed by atoms with E-state index in [1.807, 2.05) is 0 Å². The first-order chi connectivity index (χ1) is 6.66. The minimum Gasteiger partial charge on any atom is -0.392 e. The van der Waals surface area contributed by atoms with Crippen LogP contribution in [0.1, 0.15) is 12.8 Å². The summed E-state index contributed by atoms with van der Waals surface area (Å²) in [5.74, 6) is 0.0921. The summed E-state index contributed by atoms with van der Waals surface area (Å²) in [6.45, 7) is 1.94. The van der Waals surface area contributed by atoms with Gasteiger partial charge in [0, 0.05) is 25.7 Å². The van der Waals surface area contributed by atoms with Gasteiger partial charge < -0.3 is 21.1 Å². The van der Waals surface area contributed by atoms with E-state index in [2.05, 4.69) is 5.32 Å². The van der Waals surface area contributed by atoms with E-state index >= 15 is 0 Å². The number of hydrogen-bond acceptors (Lipinski definition) is 4. The first-order valence-electron chi connectivity index (χ1n) is 5.12. The van der Waals surface area contributed by atoms with Gasteiger partial charge in [-0.3, -0.25) is 4.79 Å². The summed E-state index contributed by atoms with van der Waals surface area (Å²) >= 11 is 0. The average molecular weight is 199 g/mol. The number of amides is 1. The Morgan fingerprint density at radius 3 is 2.86 bits per heavy atom. The number of aliphatic hydroxyl groups excluding tert-OH is 1. The summed E-state index contributed by atoms with van der Waals surface area (Å²) in [4.78, 5) is 13.6. The third-order valence-electron chi connectivity index (χ3n) is 2.94. The van der Waals surface area contributed by atoms with Gasteiger partial charge in [-0.15, -0.1) is 0 Å². The van der Waals surface area contributed by atoms with Gasteiger partial charge in [0.15, 0.2) is 0 Å². The van der Waals surface area contributed by atoms with E-state index in [4.69, 9.17) is 5.73 Å². The summed E-state index contributed by atoms with van der Waals surface area (Å²) in [6, 6.07) is -0.0689.